The van der Waals surface area contributed by atoms with Gasteiger partial charge < -0.3 is 5.73 Å². The molecule has 1 saturated carbocycles. The molecule has 1 heterocycles. The fraction of sp³-hybridized carbons (Fsp3) is 0.438. The second-order valence-corrected chi connectivity index (χ2v) is 6.32. The van der Waals surface area contributed by atoms with Crippen molar-refractivity contribution in [3.05, 3.63) is 52.1 Å². The molecule has 0 atom stereocenters. The SMILES string of the molecule is Cn1ccn(Cc2ccccc2)[c]1=[Pt].NC1CCCC1. The molecule has 4 heteroatoms. The maximum absolute atomic E-state index is 5.53. The molecule has 0 bridgehead atoms. The number of hydrogen-bond acceptors (Lipinski definition) is 1. The molecule has 1 aliphatic carbocycles. The first-order chi connectivity index (χ1) is 9.66. The van der Waals surface area contributed by atoms with Crippen LogP contribution in [0.25, 0.3) is 0 Å². The van der Waals surface area contributed by atoms with Crippen molar-refractivity contribution in [2.75, 3.05) is 0 Å². The predicted octanol–water partition coefficient (Wildman–Crippen LogP) is 2.84. The van der Waals surface area contributed by atoms with Crippen molar-refractivity contribution in [3.8, 4) is 0 Å². The Bertz CT molecular complexity index is 565. The normalized spacial score (nSPS) is 15.0. The Labute approximate surface area is 131 Å². The Morgan fingerprint density at radius 2 is 1.80 bits per heavy atom. The van der Waals surface area contributed by atoms with Gasteiger partial charge in [-0.1, -0.05) is 12.8 Å². The van der Waals surface area contributed by atoms with E-state index in [-0.39, 0.29) is 0 Å². The minimum absolute atomic E-state index is 0.546. The Balaban J connectivity index is 0.000000205. The fourth-order valence-electron chi connectivity index (χ4n) is 2.35. The van der Waals surface area contributed by atoms with E-state index >= 15 is 0 Å². The summed E-state index contributed by atoms with van der Waals surface area (Å²) in [6.07, 6.45) is 9.43. The number of nitrogens with zero attached hydrogens (tertiary/aromatic N) is 2. The minimum atomic E-state index is 0.546. The van der Waals surface area contributed by atoms with E-state index in [0.717, 1.165) is 6.54 Å². The van der Waals surface area contributed by atoms with Crippen molar-refractivity contribution in [2.45, 2.75) is 38.3 Å². The van der Waals surface area contributed by atoms with Gasteiger partial charge in [0.05, 0.1) is 0 Å². The summed E-state index contributed by atoms with van der Waals surface area (Å²) in [5, 5.41) is 0. The quantitative estimate of drug-likeness (QED) is 0.748. The molecule has 0 spiro atoms. The summed E-state index contributed by atoms with van der Waals surface area (Å²) in [5.74, 6) is 0. The third-order valence-corrected chi connectivity index (χ3v) is 5.01. The second kappa shape index (κ2) is 7.75. The standard InChI is InChI=1S/C11H12N2.C5H11N.Pt/c1-12-7-8-13(10-12)9-11-5-3-2-4-6-11;6-5-3-1-2-4-5;/h2-8H,9H2,1H3;5H,1-4,6H2;. The number of benzene rings is 1. The van der Waals surface area contributed by atoms with Crippen LogP contribution in [-0.4, -0.2) is 15.2 Å². The number of aryl methyl sites for hydroxylation is 1. The number of aromatic nitrogens is 2. The maximum atomic E-state index is 5.53. The Hall–Kier alpha value is -0.922. The van der Waals surface area contributed by atoms with Gasteiger partial charge in [-0.3, -0.25) is 0 Å². The molecular formula is C16H23N3Pt. The van der Waals surface area contributed by atoms with Crippen LogP contribution in [0.1, 0.15) is 31.2 Å². The molecule has 1 aromatic carbocycles. The fourth-order valence-corrected chi connectivity index (χ4v) is 2.87. The van der Waals surface area contributed by atoms with Crippen molar-refractivity contribution >= 4 is 0 Å². The number of nitrogens with two attached hydrogens (primary N) is 1. The summed E-state index contributed by atoms with van der Waals surface area (Å²) in [6, 6.07) is 11.0. The monoisotopic (exact) mass is 452 g/mol. The van der Waals surface area contributed by atoms with Gasteiger partial charge >= 0.3 is 94.2 Å². The van der Waals surface area contributed by atoms with Crippen LogP contribution >= 0.6 is 0 Å². The van der Waals surface area contributed by atoms with Crippen molar-refractivity contribution < 1.29 is 19.4 Å². The Morgan fingerprint density at radius 3 is 2.25 bits per heavy atom. The molecule has 3 nitrogen and oxygen atoms in total. The zero-order valence-corrected chi connectivity index (χ0v) is 14.2. The maximum Gasteiger partial charge on any atom is 0.00388 e. The van der Waals surface area contributed by atoms with E-state index in [9.17, 15) is 0 Å². The molecular weight excluding hydrogens is 429 g/mol. The van der Waals surface area contributed by atoms with Crippen molar-refractivity contribution in [2.24, 2.45) is 12.8 Å². The van der Waals surface area contributed by atoms with E-state index in [0.29, 0.717) is 6.04 Å². The van der Waals surface area contributed by atoms with Gasteiger partial charge in [-0.25, -0.2) is 0 Å². The molecule has 0 amide bonds. The zero-order valence-electron chi connectivity index (χ0n) is 11.9. The third kappa shape index (κ3) is 4.57. The van der Waals surface area contributed by atoms with E-state index in [1.807, 2.05) is 6.07 Å². The van der Waals surface area contributed by atoms with Crippen LogP contribution < -0.4 is 5.73 Å². The average molecular weight is 452 g/mol. The van der Waals surface area contributed by atoms with Crippen molar-refractivity contribution in [1.82, 2.24) is 9.13 Å². The van der Waals surface area contributed by atoms with E-state index in [1.165, 1.54) is 35.1 Å². The number of imidazole rings is 1. The third-order valence-electron chi connectivity index (χ3n) is 3.55. The van der Waals surface area contributed by atoms with Gasteiger partial charge in [0.2, 0.25) is 0 Å². The first kappa shape index (κ1) is 15.5. The largest absolute Gasteiger partial charge is 0.328 e. The second-order valence-electron chi connectivity index (χ2n) is 5.31. The Morgan fingerprint density at radius 1 is 1.15 bits per heavy atom. The molecule has 20 heavy (non-hydrogen) atoms. The summed E-state index contributed by atoms with van der Waals surface area (Å²) in [5.41, 5.74) is 6.87. The molecule has 1 aliphatic rings. The molecule has 1 aromatic heterocycles. The molecule has 1 fully saturated rings. The first-order valence-corrected chi connectivity index (χ1v) is 8.27. The predicted molar refractivity (Wildman–Crippen MR) is 78.6 cm³/mol. The van der Waals surface area contributed by atoms with Crippen molar-refractivity contribution in [1.29, 1.82) is 0 Å². The molecule has 2 N–H and O–H groups in total. The van der Waals surface area contributed by atoms with Gasteiger partial charge in [0.25, 0.3) is 0 Å². The molecule has 0 radical (unpaired) electrons. The van der Waals surface area contributed by atoms with Gasteiger partial charge in [-0.05, 0) is 12.8 Å². The Kier molecular flexibility index (Phi) is 6.00. The van der Waals surface area contributed by atoms with Crippen LogP contribution in [0.5, 0.6) is 0 Å². The van der Waals surface area contributed by atoms with Gasteiger partial charge in [-0.15, -0.1) is 0 Å². The molecule has 3 rings (SSSR count). The average Bonchev–Trinajstić information content (AvgIpc) is 3.05. The summed E-state index contributed by atoms with van der Waals surface area (Å²) < 4.78 is 5.59. The molecule has 0 saturated heterocycles. The molecule has 0 unspecified atom stereocenters. The van der Waals surface area contributed by atoms with Crippen LogP contribution in [0.4, 0.5) is 0 Å². The van der Waals surface area contributed by atoms with Gasteiger partial charge in [0.1, 0.15) is 0 Å². The number of hydrogen-bond donors (Lipinski definition) is 1. The van der Waals surface area contributed by atoms with Gasteiger partial charge in [0, 0.05) is 6.04 Å². The van der Waals surface area contributed by atoms with E-state index in [4.69, 9.17) is 5.73 Å². The smallest absolute Gasteiger partial charge is 0.00388 e. The molecule has 112 valence electrons. The first-order valence-electron chi connectivity index (χ1n) is 7.13. The van der Waals surface area contributed by atoms with Crippen molar-refractivity contribution in [3.63, 3.8) is 0 Å². The summed E-state index contributed by atoms with van der Waals surface area (Å²) in [4.78, 5) is 0. The van der Waals surface area contributed by atoms with Crippen LogP contribution in [0.15, 0.2) is 42.7 Å². The zero-order chi connectivity index (χ0) is 14.4. The summed E-state index contributed by atoms with van der Waals surface area (Å²) >= 11 is 2.34. The van der Waals surface area contributed by atoms with Gasteiger partial charge in [-0.2, -0.15) is 0 Å². The van der Waals surface area contributed by atoms with Gasteiger partial charge in [0.15, 0.2) is 0 Å². The number of rotatable bonds is 2. The van der Waals surface area contributed by atoms with E-state index in [2.05, 4.69) is 72.2 Å². The summed E-state index contributed by atoms with van der Waals surface area (Å²) in [7, 11) is 2.06. The topological polar surface area (TPSA) is 35.9 Å². The molecule has 0 aliphatic heterocycles. The van der Waals surface area contributed by atoms with Crippen LogP contribution in [0.2, 0.25) is 0 Å². The van der Waals surface area contributed by atoms with Crippen LogP contribution in [-0.2, 0) is 32.9 Å². The summed E-state index contributed by atoms with van der Waals surface area (Å²) in [6.45, 7) is 0.945. The minimum Gasteiger partial charge on any atom is -0.328 e. The van der Waals surface area contributed by atoms with Crippen LogP contribution in [0.3, 0.4) is 0 Å². The molecule has 2 aromatic rings. The van der Waals surface area contributed by atoms with E-state index in [1.54, 1.807) is 0 Å². The van der Waals surface area contributed by atoms with E-state index < -0.39 is 0 Å². The van der Waals surface area contributed by atoms with Crippen LogP contribution in [0, 0.1) is 3.80 Å².